The molecule has 29 heavy (non-hydrogen) atoms. The zero-order chi connectivity index (χ0) is 20.8. The molecular weight excluding hydrogens is 388 g/mol. The molecule has 6 nitrogen and oxygen atoms in total. The maximum absolute atomic E-state index is 13.1. The summed E-state index contributed by atoms with van der Waals surface area (Å²) in [6.07, 6.45) is 0.0506. The molecule has 0 saturated carbocycles. The highest BCUT2D eigenvalue weighted by Gasteiger charge is 2.51. The first-order valence-corrected chi connectivity index (χ1v) is 10.1. The van der Waals surface area contributed by atoms with Gasteiger partial charge in [-0.05, 0) is 24.6 Å². The van der Waals surface area contributed by atoms with Gasteiger partial charge in [0.1, 0.15) is 0 Å². The van der Waals surface area contributed by atoms with Crippen LogP contribution in [-0.4, -0.2) is 33.9 Å². The quantitative estimate of drug-likeness (QED) is 0.809. The Labute approximate surface area is 173 Å². The average molecular weight is 408 g/mol. The van der Waals surface area contributed by atoms with E-state index in [0.29, 0.717) is 21.7 Å². The second kappa shape index (κ2) is 7.14. The van der Waals surface area contributed by atoms with Crippen molar-refractivity contribution in [2.24, 2.45) is 0 Å². The van der Waals surface area contributed by atoms with Gasteiger partial charge in [0.15, 0.2) is 17.2 Å². The Bertz CT molecular complexity index is 1060. The number of fused-ring (bicyclic) bond motifs is 1. The lowest BCUT2D eigenvalue weighted by atomic mass is 9.85. The van der Waals surface area contributed by atoms with Gasteiger partial charge in [0, 0.05) is 17.9 Å². The lowest BCUT2D eigenvalue weighted by molar-refractivity contribution is -0.149. The number of rotatable bonds is 3. The minimum atomic E-state index is -1.48. The van der Waals surface area contributed by atoms with Gasteiger partial charge in [-0.3, -0.25) is 9.69 Å². The lowest BCUT2D eigenvalue weighted by Crippen LogP contribution is -2.48. The number of aryl methyl sites for hydroxylation is 1. The molecule has 2 aliphatic heterocycles. The summed E-state index contributed by atoms with van der Waals surface area (Å²) in [5.41, 5.74) is 1.35. The Morgan fingerprint density at radius 2 is 2.00 bits per heavy atom. The van der Waals surface area contributed by atoms with E-state index in [2.05, 4.69) is 6.07 Å². The van der Waals surface area contributed by atoms with E-state index in [4.69, 9.17) is 4.74 Å². The van der Waals surface area contributed by atoms with Crippen molar-refractivity contribution in [1.82, 2.24) is 4.90 Å². The number of nitriles is 1. The van der Waals surface area contributed by atoms with Crippen LogP contribution in [0.1, 0.15) is 29.0 Å². The Morgan fingerprint density at radius 1 is 1.28 bits per heavy atom. The fourth-order valence-electron chi connectivity index (χ4n) is 3.85. The summed E-state index contributed by atoms with van der Waals surface area (Å²) < 4.78 is 5.17. The van der Waals surface area contributed by atoms with Crippen molar-refractivity contribution in [1.29, 1.82) is 5.26 Å². The number of hydrogen-bond donors (Lipinski definition) is 2. The van der Waals surface area contributed by atoms with Crippen LogP contribution in [0.3, 0.4) is 0 Å². The summed E-state index contributed by atoms with van der Waals surface area (Å²) in [6, 6.07) is 14.5. The van der Waals surface area contributed by atoms with Gasteiger partial charge >= 0.3 is 0 Å². The average Bonchev–Trinajstić information content (AvgIpc) is 3.08. The summed E-state index contributed by atoms with van der Waals surface area (Å²) in [5, 5.41) is 31.6. The number of hydrogen-bond acceptors (Lipinski definition) is 6. The van der Waals surface area contributed by atoms with Gasteiger partial charge in [-0.1, -0.05) is 35.9 Å². The van der Waals surface area contributed by atoms with Gasteiger partial charge in [0.25, 0.3) is 0 Å². The van der Waals surface area contributed by atoms with E-state index in [-0.39, 0.29) is 29.6 Å². The maximum atomic E-state index is 13.1. The van der Waals surface area contributed by atoms with Crippen molar-refractivity contribution < 1.29 is 19.7 Å². The van der Waals surface area contributed by atoms with Crippen LogP contribution in [0.4, 0.5) is 0 Å². The standard InChI is InChI=1S/C22H20N2O4S/c1-13-3-6-15(7-4-13)22(27)12-29-21-17(11-23)16(10-20(26)24(21)22)14-5-8-18(25)19(9-14)28-2/h3-9,16,25,27H,10,12H2,1-2H3/t16-,22+/m0/s1. The highest BCUT2D eigenvalue weighted by Crippen LogP contribution is 2.52. The number of benzene rings is 2. The number of ether oxygens (including phenoxy) is 1. The molecule has 0 aliphatic carbocycles. The molecule has 0 spiro atoms. The zero-order valence-corrected chi connectivity index (χ0v) is 16.9. The van der Waals surface area contributed by atoms with Crippen molar-refractivity contribution in [2.45, 2.75) is 25.0 Å². The maximum Gasteiger partial charge on any atom is 0.231 e. The number of carbonyl (C=O) groups is 1. The minimum Gasteiger partial charge on any atom is -0.504 e. The fourth-order valence-corrected chi connectivity index (χ4v) is 5.21. The summed E-state index contributed by atoms with van der Waals surface area (Å²) in [4.78, 5) is 14.5. The molecule has 7 heteroatoms. The number of aliphatic hydroxyl groups is 1. The summed E-state index contributed by atoms with van der Waals surface area (Å²) in [6.45, 7) is 1.96. The predicted octanol–water partition coefficient (Wildman–Crippen LogP) is 3.35. The minimum absolute atomic E-state index is 0.00448. The third-order valence-electron chi connectivity index (χ3n) is 5.43. The molecule has 2 aromatic carbocycles. The molecule has 4 rings (SSSR count). The molecule has 1 amide bonds. The van der Waals surface area contributed by atoms with Crippen LogP contribution in [0.2, 0.25) is 0 Å². The van der Waals surface area contributed by atoms with Crippen LogP contribution in [0.15, 0.2) is 53.1 Å². The summed E-state index contributed by atoms with van der Waals surface area (Å²) in [5.74, 6) is -0.163. The Balaban J connectivity index is 1.80. The Hall–Kier alpha value is -2.95. The lowest BCUT2D eigenvalue weighted by Gasteiger charge is -2.38. The summed E-state index contributed by atoms with van der Waals surface area (Å²) in [7, 11) is 1.45. The Morgan fingerprint density at radius 3 is 2.66 bits per heavy atom. The van der Waals surface area contributed by atoms with Gasteiger partial charge in [-0.2, -0.15) is 5.26 Å². The molecular formula is C22H20N2O4S. The van der Waals surface area contributed by atoms with E-state index in [1.54, 1.807) is 12.1 Å². The molecule has 148 valence electrons. The van der Waals surface area contributed by atoms with Crippen molar-refractivity contribution >= 4 is 17.7 Å². The van der Waals surface area contributed by atoms with Crippen LogP contribution in [0, 0.1) is 18.3 Å². The third-order valence-corrected chi connectivity index (χ3v) is 6.65. The van der Waals surface area contributed by atoms with Crippen LogP contribution in [0.5, 0.6) is 11.5 Å². The largest absolute Gasteiger partial charge is 0.504 e. The topological polar surface area (TPSA) is 93.8 Å². The van der Waals surface area contributed by atoms with Gasteiger partial charge in [0.2, 0.25) is 5.91 Å². The third kappa shape index (κ3) is 3.05. The SMILES string of the molecule is COc1cc([C@@H]2CC(=O)N3C(=C2C#N)SC[C@@]3(O)c2ccc(C)cc2)ccc1O. The number of phenolic OH excluding ortho intramolecular Hbond substituents is 1. The van der Waals surface area contributed by atoms with Crippen LogP contribution < -0.4 is 4.74 Å². The van der Waals surface area contributed by atoms with Gasteiger partial charge in [0.05, 0.1) is 29.5 Å². The molecule has 1 fully saturated rings. The van der Waals surface area contributed by atoms with Crippen molar-refractivity contribution in [3.8, 4) is 17.6 Å². The molecule has 0 unspecified atom stereocenters. The normalized spacial score (nSPS) is 23.7. The number of thioether (sulfide) groups is 1. The van der Waals surface area contributed by atoms with E-state index in [1.165, 1.54) is 29.8 Å². The van der Waals surface area contributed by atoms with Gasteiger partial charge in [-0.25, -0.2) is 0 Å². The molecule has 2 aromatic rings. The van der Waals surface area contributed by atoms with Gasteiger partial charge in [-0.15, -0.1) is 11.8 Å². The predicted molar refractivity (Wildman–Crippen MR) is 109 cm³/mol. The van der Waals surface area contributed by atoms with E-state index in [0.717, 1.165) is 5.56 Å². The molecule has 2 atom stereocenters. The molecule has 0 aromatic heterocycles. The first-order chi connectivity index (χ1) is 13.9. The molecule has 2 N–H and O–H groups in total. The monoisotopic (exact) mass is 408 g/mol. The molecule has 2 aliphatic rings. The van der Waals surface area contributed by atoms with E-state index in [9.17, 15) is 20.3 Å². The number of amides is 1. The van der Waals surface area contributed by atoms with Crippen LogP contribution in [-0.2, 0) is 10.5 Å². The first-order valence-electron chi connectivity index (χ1n) is 9.15. The number of methoxy groups -OCH3 is 1. The number of allylic oxidation sites excluding steroid dienone is 1. The second-order valence-electron chi connectivity index (χ2n) is 7.22. The van der Waals surface area contributed by atoms with Crippen LogP contribution >= 0.6 is 11.8 Å². The molecule has 1 saturated heterocycles. The van der Waals surface area contributed by atoms with Crippen molar-refractivity contribution in [2.75, 3.05) is 12.9 Å². The number of carbonyl (C=O) groups excluding carboxylic acids is 1. The van der Waals surface area contributed by atoms with E-state index < -0.39 is 11.6 Å². The highest BCUT2D eigenvalue weighted by molar-refractivity contribution is 8.03. The number of phenols is 1. The zero-order valence-electron chi connectivity index (χ0n) is 16.0. The molecule has 0 bridgehead atoms. The van der Waals surface area contributed by atoms with E-state index >= 15 is 0 Å². The molecule has 2 heterocycles. The van der Waals surface area contributed by atoms with Crippen molar-refractivity contribution in [3.05, 3.63) is 69.8 Å². The first kappa shape index (κ1) is 19.4. The number of nitrogens with zero attached hydrogens (tertiary/aromatic N) is 2. The van der Waals surface area contributed by atoms with Crippen molar-refractivity contribution in [3.63, 3.8) is 0 Å². The van der Waals surface area contributed by atoms with Gasteiger partial charge < -0.3 is 14.9 Å². The molecule has 0 radical (unpaired) electrons. The fraction of sp³-hybridized carbons (Fsp3) is 0.273. The highest BCUT2D eigenvalue weighted by atomic mass is 32.2. The second-order valence-corrected chi connectivity index (χ2v) is 8.18. The van der Waals surface area contributed by atoms with E-state index in [1.807, 2.05) is 31.2 Å². The van der Waals surface area contributed by atoms with Crippen LogP contribution in [0.25, 0.3) is 0 Å². The smallest absolute Gasteiger partial charge is 0.231 e. The Kier molecular flexibility index (Phi) is 4.77. The number of aromatic hydroxyl groups is 1. The summed E-state index contributed by atoms with van der Waals surface area (Å²) >= 11 is 1.31.